The fourth-order valence-corrected chi connectivity index (χ4v) is 2.10. The van der Waals surface area contributed by atoms with Crippen LogP contribution in [0, 0.1) is 0 Å². The van der Waals surface area contributed by atoms with Gasteiger partial charge >= 0.3 is 6.18 Å². The molecule has 0 radical (unpaired) electrons. The molecule has 27 heavy (non-hydrogen) atoms. The van der Waals surface area contributed by atoms with Gasteiger partial charge in [0.05, 0.1) is 6.20 Å². The predicted octanol–water partition coefficient (Wildman–Crippen LogP) is 2.87. The quantitative estimate of drug-likeness (QED) is 0.761. The van der Waals surface area contributed by atoms with Crippen LogP contribution in [0.2, 0.25) is 0 Å². The van der Waals surface area contributed by atoms with Crippen molar-refractivity contribution >= 4 is 11.7 Å². The van der Waals surface area contributed by atoms with Crippen molar-refractivity contribution in [3.8, 4) is 5.75 Å². The Balaban J connectivity index is 1.90. The highest BCUT2D eigenvalue weighted by molar-refractivity contribution is 5.92. The maximum atomic E-state index is 12.1. The fraction of sp³-hybridized carbons (Fsp3) is 0.333. The van der Waals surface area contributed by atoms with Crippen LogP contribution in [0.25, 0.3) is 0 Å². The van der Waals surface area contributed by atoms with E-state index in [1.165, 1.54) is 12.1 Å². The van der Waals surface area contributed by atoms with Gasteiger partial charge in [-0.05, 0) is 29.8 Å². The van der Waals surface area contributed by atoms with Gasteiger partial charge in [-0.1, -0.05) is 6.92 Å². The summed E-state index contributed by atoms with van der Waals surface area (Å²) in [5, 5.41) is 2.65. The molecule has 0 saturated heterocycles. The van der Waals surface area contributed by atoms with E-state index in [9.17, 15) is 22.8 Å². The minimum absolute atomic E-state index is 0.0461. The average molecular weight is 381 g/mol. The number of hydrogen-bond donors (Lipinski definition) is 1. The van der Waals surface area contributed by atoms with Crippen LogP contribution in [-0.4, -0.2) is 34.4 Å². The standard InChI is InChI=1S/C18H18F3N3O3/c1-2-14(25)8-13-7-12(5-6-22-13)9-24-17(26)16-4-3-15(10-23-16)27-11-18(19,20)21/h3-7,10H,2,8-9,11H2,1H3,(H,24,26). The van der Waals surface area contributed by atoms with Gasteiger partial charge in [-0.25, -0.2) is 4.98 Å². The van der Waals surface area contributed by atoms with Crippen LogP contribution < -0.4 is 10.1 Å². The van der Waals surface area contributed by atoms with Gasteiger partial charge in [0.25, 0.3) is 5.91 Å². The summed E-state index contributed by atoms with van der Waals surface area (Å²) in [6.07, 6.45) is -1.16. The minimum atomic E-state index is -4.44. The summed E-state index contributed by atoms with van der Waals surface area (Å²) in [5.41, 5.74) is 1.44. The average Bonchev–Trinajstić information content (AvgIpc) is 2.64. The summed E-state index contributed by atoms with van der Waals surface area (Å²) in [6.45, 7) is 0.548. The van der Waals surface area contributed by atoms with Crippen LogP contribution in [0.15, 0.2) is 36.7 Å². The summed E-state index contributed by atoms with van der Waals surface area (Å²) >= 11 is 0. The molecule has 1 N–H and O–H groups in total. The van der Waals surface area contributed by atoms with Gasteiger partial charge in [0.1, 0.15) is 17.2 Å². The number of nitrogens with zero attached hydrogens (tertiary/aromatic N) is 2. The molecule has 144 valence electrons. The molecule has 0 aliphatic rings. The van der Waals surface area contributed by atoms with E-state index >= 15 is 0 Å². The number of rotatable bonds is 8. The molecule has 0 aliphatic heterocycles. The lowest BCUT2D eigenvalue weighted by molar-refractivity contribution is -0.153. The zero-order valence-corrected chi connectivity index (χ0v) is 14.5. The molecule has 0 unspecified atom stereocenters. The van der Waals surface area contributed by atoms with Crippen LogP contribution in [0.1, 0.15) is 35.1 Å². The summed E-state index contributed by atoms with van der Waals surface area (Å²) < 4.78 is 40.8. The molecule has 0 aromatic carbocycles. The molecule has 0 atom stereocenters. The van der Waals surface area contributed by atoms with Crippen LogP contribution in [0.4, 0.5) is 13.2 Å². The van der Waals surface area contributed by atoms with E-state index in [1.54, 1.807) is 25.3 Å². The highest BCUT2D eigenvalue weighted by Gasteiger charge is 2.28. The number of carbonyl (C=O) groups excluding carboxylic acids is 2. The third-order valence-electron chi connectivity index (χ3n) is 3.48. The van der Waals surface area contributed by atoms with Gasteiger partial charge in [0.2, 0.25) is 0 Å². The molecule has 0 saturated carbocycles. The molecule has 1 amide bonds. The van der Waals surface area contributed by atoms with Gasteiger partial charge in [0.15, 0.2) is 6.61 Å². The number of halogens is 3. The number of hydrogen-bond acceptors (Lipinski definition) is 5. The second-order valence-corrected chi connectivity index (χ2v) is 5.69. The number of carbonyl (C=O) groups is 2. The number of amides is 1. The van der Waals surface area contributed by atoms with Gasteiger partial charge in [-0.15, -0.1) is 0 Å². The second kappa shape index (κ2) is 9.11. The molecule has 0 bridgehead atoms. The number of aromatic nitrogens is 2. The Labute approximate surface area is 153 Å². The lowest BCUT2D eigenvalue weighted by Gasteiger charge is -2.09. The van der Waals surface area contributed by atoms with Crippen molar-refractivity contribution in [2.24, 2.45) is 0 Å². The lowest BCUT2D eigenvalue weighted by atomic mass is 10.1. The van der Waals surface area contributed by atoms with Gasteiger partial charge in [-0.3, -0.25) is 14.6 Å². The lowest BCUT2D eigenvalue weighted by Crippen LogP contribution is -2.24. The molecule has 2 rings (SSSR count). The van der Waals surface area contributed by atoms with E-state index in [0.717, 1.165) is 11.8 Å². The topological polar surface area (TPSA) is 81.2 Å². The first-order valence-corrected chi connectivity index (χ1v) is 8.16. The van der Waals surface area contributed by atoms with Crippen molar-refractivity contribution in [1.29, 1.82) is 0 Å². The molecule has 0 aliphatic carbocycles. The zero-order valence-electron chi connectivity index (χ0n) is 14.5. The van der Waals surface area contributed by atoms with Crippen molar-refractivity contribution in [1.82, 2.24) is 15.3 Å². The van der Waals surface area contributed by atoms with Crippen LogP contribution in [0.3, 0.4) is 0 Å². The highest BCUT2D eigenvalue weighted by atomic mass is 19.4. The Morgan fingerprint density at radius 2 is 1.96 bits per heavy atom. The largest absolute Gasteiger partial charge is 0.483 e. The third-order valence-corrected chi connectivity index (χ3v) is 3.48. The van der Waals surface area contributed by atoms with Crippen LogP contribution in [-0.2, 0) is 17.8 Å². The normalized spacial score (nSPS) is 11.1. The number of alkyl halides is 3. The van der Waals surface area contributed by atoms with E-state index in [4.69, 9.17) is 0 Å². The Kier molecular flexibility index (Phi) is 6.86. The molecule has 0 spiro atoms. The number of Topliss-reactive ketones (excluding diaryl/α,β-unsaturated/α-hetero) is 1. The first-order chi connectivity index (χ1) is 12.8. The van der Waals surface area contributed by atoms with Crippen molar-refractivity contribution < 1.29 is 27.5 Å². The highest BCUT2D eigenvalue weighted by Crippen LogP contribution is 2.17. The maximum Gasteiger partial charge on any atom is 0.422 e. The van der Waals surface area contributed by atoms with Gasteiger partial charge in [-0.2, -0.15) is 13.2 Å². The molecule has 2 aromatic rings. The molecule has 6 nitrogen and oxygen atoms in total. The smallest absolute Gasteiger partial charge is 0.422 e. The van der Waals surface area contributed by atoms with Crippen molar-refractivity contribution in [2.45, 2.75) is 32.5 Å². The Morgan fingerprint density at radius 3 is 2.59 bits per heavy atom. The first kappa shape index (κ1) is 20.3. The number of pyridine rings is 2. The summed E-state index contributed by atoms with van der Waals surface area (Å²) in [7, 11) is 0. The molecular formula is C18H18F3N3O3. The number of ketones is 1. The molecule has 9 heteroatoms. The van der Waals surface area contributed by atoms with E-state index in [-0.39, 0.29) is 30.2 Å². The Hall–Kier alpha value is -2.97. The van der Waals surface area contributed by atoms with Crippen molar-refractivity contribution in [3.05, 3.63) is 53.6 Å². The van der Waals surface area contributed by atoms with Gasteiger partial charge < -0.3 is 10.1 Å². The zero-order chi connectivity index (χ0) is 19.9. The Morgan fingerprint density at radius 1 is 1.19 bits per heavy atom. The summed E-state index contributed by atoms with van der Waals surface area (Å²) in [4.78, 5) is 31.5. The van der Waals surface area contributed by atoms with Gasteiger partial charge in [0, 0.05) is 31.3 Å². The summed E-state index contributed by atoms with van der Waals surface area (Å²) in [5.74, 6) is -0.496. The number of nitrogens with one attached hydrogen (secondary N) is 1. The minimum Gasteiger partial charge on any atom is -0.483 e. The van der Waals surface area contributed by atoms with E-state index in [1.807, 2.05) is 0 Å². The third kappa shape index (κ3) is 7.04. The predicted molar refractivity (Wildman–Crippen MR) is 90.2 cm³/mol. The number of ether oxygens (including phenoxy) is 1. The maximum absolute atomic E-state index is 12.1. The second-order valence-electron chi connectivity index (χ2n) is 5.69. The van der Waals surface area contributed by atoms with Crippen molar-refractivity contribution in [2.75, 3.05) is 6.61 Å². The summed E-state index contributed by atoms with van der Waals surface area (Å²) in [6, 6.07) is 5.96. The monoisotopic (exact) mass is 381 g/mol. The van der Waals surface area contributed by atoms with E-state index in [0.29, 0.717) is 12.1 Å². The SMILES string of the molecule is CCC(=O)Cc1cc(CNC(=O)c2ccc(OCC(F)(F)F)cn2)ccn1. The first-order valence-electron chi connectivity index (χ1n) is 8.16. The van der Waals surface area contributed by atoms with E-state index in [2.05, 4.69) is 20.0 Å². The fourth-order valence-electron chi connectivity index (χ4n) is 2.10. The van der Waals surface area contributed by atoms with E-state index < -0.39 is 18.7 Å². The van der Waals surface area contributed by atoms with Crippen molar-refractivity contribution in [3.63, 3.8) is 0 Å². The Bertz CT molecular complexity index is 792. The molecular weight excluding hydrogens is 363 g/mol. The molecule has 2 heterocycles. The molecule has 2 aromatic heterocycles. The molecule has 0 fully saturated rings. The van der Waals surface area contributed by atoms with Crippen LogP contribution in [0.5, 0.6) is 5.75 Å². The van der Waals surface area contributed by atoms with Crippen LogP contribution >= 0.6 is 0 Å².